The topological polar surface area (TPSA) is 36.3 Å². The molecule has 0 radical (unpaired) electrons. The number of nitriles is 1. The van der Waals surface area contributed by atoms with Crippen molar-refractivity contribution in [3.63, 3.8) is 0 Å². The Hall–Kier alpha value is -1.37. The molecule has 0 aromatic carbocycles. The van der Waals surface area contributed by atoms with Crippen molar-refractivity contribution in [2.75, 3.05) is 13.2 Å². The summed E-state index contributed by atoms with van der Waals surface area (Å²) in [6.07, 6.45) is 6.48. The second-order valence-electron chi connectivity index (χ2n) is 7.22. The highest BCUT2D eigenvalue weighted by Crippen LogP contribution is 2.36. The zero-order chi connectivity index (χ0) is 17.0. The minimum atomic E-state index is 0.309. The van der Waals surface area contributed by atoms with Gasteiger partial charge in [-0.25, -0.2) is 0 Å². The smallest absolute Gasteiger partial charge is 0.0988 e. The first-order chi connectivity index (χ1) is 11.0. The fraction of sp³-hybridized carbons (Fsp3) is 0.650. The highest BCUT2D eigenvalue weighted by atomic mass is 16.5. The monoisotopic (exact) mass is 314 g/mol. The molecule has 3 atom stereocenters. The van der Waals surface area contributed by atoms with Crippen LogP contribution in [-0.4, -0.2) is 36.2 Å². The van der Waals surface area contributed by atoms with Gasteiger partial charge in [-0.3, -0.25) is 4.90 Å². The van der Waals surface area contributed by atoms with Crippen LogP contribution >= 0.6 is 0 Å². The summed E-state index contributed by atoms with van der Waals surface area (Å²) in [6.45, 7) is 16.4. The zero-order valence-corrected chi connectivity index (χ0v) is 14.8. The van der Waals surface area contributed by atoms with Crippen LogP contribution in [0.2, 0.25) is 0 Å². The van der Waals surface area contributed by atoms with Crippen molar-refractivity contribution in [3.05, 3.63) is 36.0 Å². The van der Waals surface area contributed by atoms with Gasteiger partial charge in [0.2, 0.25) is 0 Å². The quantitative estimate of drug-likeness (QED) is 0.688. The molecule has 2 aliphatic rings. The van der Waals surface area contributed by atoms with Crippen molar-refractivity contribution in [2.45, 2.75) is 64.6 Å². The van der Waals surface area contributed by atoms with Crippen LogP contribution in [0, 0.1) is 17.2 Å². The molecule has 3 nitrogen and oxygen atoms in total. The highest BCUT2D eigenvalue weighted by molar-refractivity contribution is 5.47. The summed E-state index contributed by atoms with van der Waals surface area (Å²) >= 11 is 0. The van der Waals surface area contributed by atoms with Gasteiger partial charge in [-0.05, 0) is 63.5 Å². The number of nitrogens with zero attached hydrogens (tertiary/aromatic N) is 2. The van der Waals surface area contributed by atoms with Crippen LogP contribution in [0.25, 0.3) is 0 Å². The van der Waals surface area contributed by atoms with Crippen LogP contribution in [0.1, 0.15) is 46.5 Å². The molecule has 1 aliphatic carbocycles. The van der Waals surface area contributed by atoms with E-state index in [0.717, 1.165) is 38.0 Å². The minimum absolute atomic E-state index is 0.309. The Bertz CT molecular complexity index is 526. The molecule has 0 saturated carbocycles. The molecule has 0 bridgehead atoms. The Balaban J connectivity index is 2.01. The van der Waals surface area contributed by atoms with Crippen LogP contribution in [0.4, 0.5) is 0 Å². The second-order valence-corrected chi connectivity index (χ2v) is 7.22. The Morgan fingerprint density at radius 1 is 1.52 bits per heavy atom. The lowest BCUT2D eigenvalue weighted by Crippen LogP contribution is -2.39. The first kappa shape index (κ1) is 18.0. The maximum absolute atomic E-state index is 9.12. The number of allylic oxidation sites excluding steroid dienone is 3. The normalized spacial score (nSPS) is 28.9. The van der Waals surface area contributed by atoms with Gasteiger partial charge < -0.3 is 4.74 Å². The molecule has 126 valence electrons. The summed E-state index contributed by atoms with van der Waals surface area (Å²) in [6, 6.07) is 3.35. The van der Waals surface area contributed by atoms with Gasteiger partial charge in [0.1, 0.15) is 0 Å². The molecule has 0 spiro atoms. The van der Waals surface area contributed by atoms with E-state index in [0.29, 0.717) is 29.7 Å². The van der Waals surface area contributed by atoms with E-state index < -0.39 is 0 Å². The van der Waals surface area contributed by atoms with E-state index in [1.807, 2.05) is 6.08 Å². The number of hydrogen-bond acceptors (Lipinski definition) is 3. The zero-order valence-electron chi connectivity index (χ0n) is 14.8. The summed E-state index contributed by atoms with van der Waals surface area (Å²) in [7, 11) is 0. The van der Waals surface area contributed by atoms with Gasteiger partial charge in [0.25, 0.3) is 0 Å². The van der Waals surface area contributed by atoms with Crippen molar-refractivity contribution in [1.29, 1.82) is 5.26 Å². The van der Waals surface area contributed by atoms with E-state index in [1.165, 1.54) is 12.0 Å². The van der Waals surface area contributed by atoms with Crippen molar-refractivity contribution in [3.8, 4) is 6.07 Å². The highest BCUT2D eigenvalue weighted by Gasteiger charge is 2.35. The molecule has 0 aromatic rings. The predicted octanol–water partition coefficient (Wildman–Crippen LogP) is 4.24. The number of ether oxygens (including phenoxy) is 1. The first-order valence-electron chi connectivity index (χ1n) is 8.77. The van der Waals surface area contributed by atoms with Crippen molar-refractivity contribution in [1.82, 2.24) is 4.90 Å². The van der Waals surface area contributed by atoms with E-state index in [2.05, 4.69) is 44.9 Å². The summed E-state index contributed by atoms with van der Waals surface area (Å²) < 4.78 is 5.82. The van der Waals surface area contributed by atoms with Gasteiger partial charge >= 0.3 is 0 Å². The standard InChI is InChI=1S/C20H30N2O/c1-6-18-10-19(7-8-20(18)15(4)11-21)22-12-17(9-16(22)5)13-23-14(2)3/h6,14,16-17,19H,1,4,7-10,12-13H2,2-3,5H3. The Morgan fingerprint density at radius 2 is 2.26 bits per heavy atom. The third kappa shape index (κ3) is 4.34. The van der Waals surface area contributed by atoms with Gasteiger partial charge in [0, 0.05) is 24.2 Å². The summed E-state index contributed by atoms with van der Waals surface area (Å²) in [5.74, 6) is 0.638. The van der Waals surface area contributed by atoms with E-state index in [-0.39, 0.29) is 0 Å². The van der Waals surface area contributed by atoms with Crippen molar-refractivity contribution in [2.24, 2.45) is 5.92 Å². The molecular formula is C20H30N2O. The summed E-state index contributed by atoms with van der Waals surface area (Å²) in [4.78, 5) is 2.64. The molecular weight excluding hydrogens is 284 g/mol. The molecule has 1 saturated heterocycles. The largest absolute Gasteiger partial charge is 0.378 e. The van der Waals surface area contributed by atoms with Crippen LogP contribution in [0.15, 0.2) is 36.0 Å². The van der Waals surface area contributed by atoms with Gasteiger partial charge in [0.05, 0.1) is 18.8 Å². The van der Waals surface area contributed by atoms with E-state index >= 15 is 0 Å². The molecule has 3 unspecified atom stereocenters. The molecule has 1 fully saturated rings. The fourth-order valence-corrected chi connectivity index (χ4v) is 3.98. The molecule has 0 N–H and O–H groups in total. The molecule has 0 aromatic heterocycles. The molecule has 1 aliphatic heterocycles. The Morgan fingerprint density at radius 3 is 2.87 bits per heavy atom. The lowest BCUT2D eigenvalue weighted by atomic mass is 9.84. The van der Waals surface area contributed by atoms with Crippen LogP contribution in [0.3, 0.4) is 0 Å². The van der Waals surface area contributed by atoms with E-state index in [1.54, 1.807) is 0 Å². The van der Waals surface area contributed by atoms with Crippen LogP contribution in [0.5, 0.6) is 0 Å². The number of rotatable bonds is 6. The molecule has 23 heavy (non-hydrogen) atoms. The SMILES string of the molecule is C=CC1=C(C(=C)C#N)CCC(N2CC(COC(C)C)CC2C)C1. The van der Waals surface area contributed by atoms with Gasteiger partial charge in [-0.2, -0.15) is 5.26 Å². The average Bonchev–Trinajstić information content (AvgIpc) is 2.92. The van der Waals surface area contributed by atoms with Crippen molar-refractivity contribution >= 4 is 0 Å². The van der Waals surface area contributed by atoms with Crippen LogP contribution in [-0.2, 0) is 4.74 Å². The van der Waals surface area contributed by atoms with Gasteiger partial charge in [-0.1, -0.05) is 19.2 Å². The molecule has 2 rings (SSSR count). The van der Waals surface area contributed by atoms with Crippen LogP contribution < -0.4 is 0 Å². The fourth-order valence-electron chi connectivity index (χ4n) is 3.98. The second kappa shape index (κ2) is 7.95. The lowest BCUT2D eigenvalue weighted by molar-refractivity contribution is 0.0513. The Kier molecular flexibility index (Phi) is 6.21. The maximum Gasteiger partial charge on any atom is 0.0988 e. The van der Waals surface area contributed by atoms with Crippen molar-refractivity contribution < 1.29 is 4.74 Å². The first-order valence-corrected chi connectivity index (χ1v) is 8.77. The van der Waals surface area contributed by atoms with E-state index in [4.69, 9.17) is 10.00 Å². The average molecular weight is 314 g/mol. The third-order valence-electron chi connectivity index (χ3n) is 5.16. The number of likely N-dealkylation sites (tertiary alicyclic amines) is 1. The lowest BCUT2D eigenvalue weighted by Gasteiger charge is -2.35. The minimum Gasteiger partial charge on any atom is -0.378 e. The number of hydrogen-bond donors (Lipinski definition) is 0. The molecule has 3 heteroatoms. The Labute approximate surface area is 141 Å². The third-order valence-corrected chi connectivity index (χ3v) is 5.16. The molecule has 1 heterocycles. The maximum atomic E-state index is 9.12. The van der Waals surface area contributed by atoms with Gasteiger partial charge in [-0.15, -0.1) is 0 Å². The van der Waals surface area contributed by atoms with E-state index in [9.17, 15) is 0 Å². The predicted molar refractivity (Wildman–Crippen MR) is 95.0 cm³/mol. The molecule has 0 amide bonds. The summed E-state index contributed by atoms with van der Waals surface area (Å²) in [5, 5.41) is 9.12. The summed E-state index contributed by atoms with van der Waals surface area (Å²) in [5.41, 5.74) is 2.93. The van der Waals surface area contributed by atoms with Gasteiger partial charge in [0.15, 0.2) is 0 Å².